The molecule has 0 N–H and O–H groups in total. The Morgan fingerprint density at radius 1 is 1.17 bits per heavy atom. The van der Waals surface area contributed by atoms with Gasteiger partial charge in [-0.25, -0.2) is 9.07 Å². The first kappa shape index (κ1) is 15.4. The molecule has 1 heterocycles. The Bertz CT molecular complexity index is 856. The largest absolute Gasteiger partial charge is 0.296 e. The summed E-state index contributed by atoms with van der Waals surface area (Å²) in [6.07, 6.45) is 1.28. The van der Waals surface area contributed by atoms with Gasteiger partial charge in [0.1, 0.15) is 11.5 Å². The van der Waals surface area contributed by atoms with Gasteiger partial charge in [-0.3, -0.25) is 4.79 Å². The van der Waals surface area contributed by atoms with E-state index in [0.29, 0.717) is 24.1 Å². The van der Waals surface area contributed by atoms with Gasteiger partial charge in [0.05, 0.1) is 10.7 Å². The first-order valence-corrected chi connectivity index (χ1v) is 7.49. The predicted octanol–water partition coefficient (Wildman–Crippen LogP) is 4.38. The molecule has 0 saturated heterocycles. The van der Waals surface area contributed by atoms with Crippen LogP contribution in [0, 0.1) is 12.7 Å². The Morgan fingerprint density at radius 2 is 1.91 bits per heavy atom. The second kappa shape index (κ2) is 6.34. The van der Waals surface area contributed by atoms with Crippen LogP contribution in [-0.2, 0) is 6.42 Å². The van der Waals surface area contributed by atoms with E-state index in [2.05, 4.69) is 5.10 Å². The van der Waals surface area contributed by atoms with E-state index in [1.165, 1.54) is 17.7 Å². The van der Waals surface area contributed by atoms with Crippen LogP contribution in [0.5, 0.6) is 0 Å². The monoisotopic (exact) mass is 328 g/mol. The summed E-state index contributed by atoms with van der Waals surface area (Å²) < 4.78 is 14.8. The number of carbonyl (C=O) groups is 1. The van der Waals surface area contributed by atoms with Gasteiger partial charge in [-0.15, -0.1) is 0 Å². The summed E-state index contributed by atoms with van der Waals surface area (Å²) in [5, 5.41) is 4.49. The van der Waals surface area contributed by atoms with Crippen molar-refractivity contribution in [2.24, 2.45) is 0 Å². The molecule has 3 rings (SSSR count). The lowest BCUT2D eigenvalue weighted by Crippen LogP contribution is -2.04. The van der Waals surface area contributed by atoms with E-state index in [0.717, 1.165) is 11.3 Å². The van der Waals surface area contributed by atoms with Crippen LogP contribution in [0.4, 0.5) is 4.39 Å². The summed E-state index contributed by atoms with van der Waals surface area (Å²) in [7, 11) is 0. The van der Waals surface area contributed by atoms with Crippen LogP contribution in [0.15, 0.2) is 48.5 Å². The Kier molecular flexibility index (Phi) is 4.26. The second-order valence-corrected chi connectivity index (χ2v) is 5.76. The molecule has 0 amide bonds. The normalized spacial score (nSPS) is 10.7. The van der Waals surface area contributed by atoms with Crippen molar-refractivity contribution in [3.8, 4) is 5.69 Å². The Balaban J connectivity index is 2.04. The molecule has 0 aliphatic heterocycles. The molecule has 0 aliphatic rings. The van der Waals surface area contributed by atoms with Gasteiger partial charge in [0, 0.05) is 12.1 Å². The van der Waals surface area contributed by atoms with Crippen LogP contribution in [0.2, 0.25) is 5.02 Å². The minimum atomic E-state index is -0.415. The molecule has 0 radical (unpaired) electrons. The fourth-order valence-corrected chi connectivity index (χ4v) is 2.65. The average Bonchev–Trinajstić information content (AvgIpc) is 2.92. The summed E-state index contributed by atoms with van der Waals surface area (Å²) >= 11 is 6.12. The van der Waals surface area contributed by atoms with E-state index in [4.69, 9.17) is 11.6 Å². The maximum Gasteiger partial charge on any atom is 0.170 e. The van der Waals surface area contributed by atoms with Crippen LogP contribution < -0.4 is 0 Å². The summed E-state index contributed by atoms with van der Waals surface area (Å²) in [5.74, 6) is -0.415. The van der Waals surface area contributed by atoms with Gasteiger partial charge >= 0.3 is 0 Å². The maximum absolute atomic E-state index is 13.2. The molecule has 3 aromatic rings. The number of aryl methyl sites for hydroxylation is 1. The fourth-order valence-electron chi connectivity index (χ4n) is 2.40. The molecule has 3 nitrogen and oxygen atoms in total. The molecule has 116 valence electrons. The summed E-state index contributed by atoms with van der Waals surface area (Å²) in [4.78, 5) is 11.1. The van der Waals surface area contributed by atoms with Crippen molar-refractivity contribution in [1.82, 2.24) is 9.78 Å². The van der Waals surface area contributed by atoms with Crippen LogP contribution in [0.3, 0.4) is 0 Å². The smallest absolute Gasteiger partial charge is 0.170 e. The van der Waals surface area contributed by atoms with Crippen LogP contribution >= 0.6 is 11.6 Å². The number of halogens is 2. The first-order chi connectivity index (χ1) is 11.1. The molecule has 0 bridgehead atoms. The molecule has 23 heavy (non-hydrogen) atoms. The quantitative estimate of drug-likeness (QED) is 0.666. The van der Waals surface area contributed by atoms with E-state index in [-0.39, 0.29) is 5.02 Å². The van der Waals surface area contributed by atoms with E-state index in [9.17, 15) is 9.18 Å². The number of benzene rings is 2. The van der Waals surface area contributed by atoms with Gasteiger partial charge in [-0.2, -0.15) is 5.10 Å². The SMILES string of the molecule is Cc1ccc(Cc2cc(C=O)nn2-c2ccc(F)cc2Cl)cc1. The Morgan fingerprint density at radius 3 is 2.57 bits per heavy atom. The number of hydrogen-bond donors (Lipinski definition) is 0. The maximum atomic E-state index is 13.2. The summed E-state index contributed by atoms with van der Waals surface area (Å²) in [6, 6.07) is 13.9. The second-order valence-electron chi connectivity index (χ2n) is 5.35. The molecule has 0 aliphatic carbocycles. The first-order valence-electron chi connectivity index (χ1n) is 7.12. The number of aldehydes is 1. The van der Waals surface area contributed by atoms with Gasteiger partial charge in [0.15, 0.2) is 6.29 Å². The lowest BCUT2D eigenvalue weighted by atomic mass is 10.1. The van der Waals surface area contributed by atoms with Crippen molar-refractivity contribution < 1.29 is 9.18 Å². The fraction of sp³-hybridized carbons (Fsp3) is 0.111. The van der Waals surface area contributed by atoms with Gasteiger partial charge in [0.25, 0.3) is 0 Å². The minimum Gasteiger partial charge on any atom is -0.296 e. The van der Waals surface area contributed by atoms with E-state index < -0.39 is 5.82 Å². The van der Waals surface area contributed by atoms with Gasteiger partial charge in [0.2, 0.25) is 0 Å². The summed E-state index contributed by atoms with van der Waals surface area (Å²) in [6.45, 7) is 2.02. The number of aromatic nitrogens is 2. The highest BCUT2D eigenvalue weighted by Crippen LogP contribution is 2.24. The Labute approximate surface area is 138 Å². The predicted molar refractivity (Wildman–Crippen MR) is 87.9 cm³/mol. The van der Waals surface area contributed by atoms with Gasteiger partial charge in [-0.05, 0) is 36.8 Å². The van der Waals surface area contributed by atoms with Crippen molar-refractivity contribution in [2.45, 2.75) is 13.3 Å². The molecule has 0 fully saturated rings. The highest BCUT2D eigenvalue weighted by molar-refractivity contribution is 6.32. The third-order valence-electron chi connectivity index (χ3n) is 3.57. The zero-order chi connectivity index (χ0) is 16.4. The van der Waals surface area contributed by atoms with E-state index in [1.54, 1.807) is 16.8 Å². The molecule has 0 atom stereocenters. The lowest BCUT2D eigenvalue weighted by Gasteiger charge is -2.09. The van der Waals surface area contributed by atoms with Gasteiger partial charge in [-0.1, -0.05) is 41.4 Å². The van der Waals surface area contributed by atoms with Crippen molar-refractivity contribution in [1.29, 1.82) is 0 Å². The van der Waals surface area contributed by atoms with E-state index in [1.807, 2.05) is 31.2 Å². The van der Waals surface area contributed by atoms with Crippen molar-refractivity contribution in [3.63, 3.8) is 0 Å². The average molecular weight is 329 g/mol. The van der Waals surface area contributed by atoms with Gasteiger partial charge < -0.3 is 0 Å². The summed E-state index contributed by atoms with van der Waals surface area (Å²) in [5.41, 5.74) is 3.94. The van der Waals surface area contributed by atoms with Crippen LogP contribution in [-0.4, -0.2) is 16.1 Å². The molecule has 1 aromatic heterocycles. The number of hydrogen-bond acceptors (Lipinski definition) is 2. The third kappa shape index (κ3) is 3.32. The standard InChI is InChI=1S/C18H14ClFN2O/c1-12-2-4-13(5-3-12)8-16-10-15(11-23)21-22(16)18-7-6-14(20)9-17(18)19/h2-7,9-11H,8H2,1H3. The molecule has 5 heteroatoms. The number of rotatable bonds is 4. The zero-order valence-electron chi connectivity index (χ0n) is 12.5. The van der Waals surface area contributed by atoms with Crippen molar-refractivity contribution >= 4 is 17.9 Å². The van der Waals surface area contributed by atoms with Crippen molar-refractivity contribution in [3.05, 3.63) is 81.9 Å². The van der Waals surface area contributed by atoms with Crippen molar-refractivity contribution in [2.75, 3.05) is 0 Å². The molecule has 0 unspecified atom stereocenters. The Hall–Kier alpha value is -2.46. The molecular formula is C18H14ClFN2O. The highest BCUT2D eigenvalue weighted by Gasteiger charge is 2.13. The number of nitrogens with zero attached hydrogens (tertiary/aromatic N) is 2. The molecular weight excluding hydrogens is 315 g/mol. The lowest BCUT2D eigenvalue weighted by molar-refractivity contribution is 0.111. The molecule has 0 saturated carbocycles. The van der Waals surface area contributed by atoms with Crippen LogP contribution in [0.1, 0.15) is 27.3 Å². The topological polar surface area (TPSA) is 34.9 Å². The third-order valence-corrected chi connectivity index (χ3v) is 3.87. The highest BCUT2D eigenvalue weighted by atomic mass is 35.5. The minimum absolute atomic E-state index is 0.246. The van der Waals surface area contributed by atoms with Crippen LogP contribution in [0.25, 0.3) is 5.69 Å². The molecule has 0 spiro atoms. The number of carbonyl (C=O) groups excluding carboxylic acids is 1. The van der Waals surface area contributed by atoms with E-state index >= 15 is 0 Å². The molecule has 2 aromatic carbocycles. The zero-order valence-corrected chi connectivity index (χ0v) is 13.2.